The van der Waals surface area contributed by atoms with Crippen LogP contribution in [0.3, 0.4) is 0 Å². The van der Waals surface area contributed by atoms with Gasteiger partial charge < -0.3 is 9.57 Å². The fourth-order valence-electron chi connectivity index (χ4n) is 1.60. The molecule has 96 valence electrons. The number of benzene rings is 1. The Morgan fingerprint density at radius 3 is 2.53 bits per heavy atom. The SMILES string of the molecule is COc1ccccc1CC(C)NOCC(C)C. The van der Waals surface area contributed by atoms with Crippen molar-refractivity contribution < 1.29 is 9.57 Å². The summed E-state index contributed by atoms with van der Waals surface area (Å²) in [4.78, 5) is 5.41. The van der Waals surface area contributed by atoms with Crippen LogP contribution in [-0.2, 0) is 11.3 Å². The molecule has 0 aliphatic rings. The number of para-hydroxylation sites is 1. The van der Waals surface area contributed by atoms with Gasteiger partial charge in [-0.05, 0) is 30.9 Å². The van der Waals surface area contributed by atoms with Gasteiger partial charge in [0.1, 0.15) is 5.75 Å². The fraction of sp³-hybridized carbons (Fsp3) is 0.571. The molecule has 1 atom stereocenters. The van der Waals surface area contributed by atoms with Crippen LogP contribution in [0.5, 0.6) is 5.75 Å². The molecule has 3 nitrogen and oxygen atoms in total. The molecule has 3 heteroatoms. The molecule has 1 aromatic carbocycles. The lowest BCUT2D eigenvalue weighted by Gasteiger charge is -2.16. The molecule has 0 aromatic heterocycles. The molecule has 0 heterocycles. The number of methoxy groups -OCH3 is 1. The van der Waals surface area contributed by atoms with E-state index in [-0.39, 0.29) is 6.04 Å². The normalized spacial score (nSPS) is 12.8. The van der Waals surface area contributed by atoms with E-state index in [4.69, 9.17) is 9.57 Å². The minimum atomic E-state index is 0.269. The van der Waals surface area contributed by atoms with Crippen LogP contribution in [0.2, 0.25) is 0 Å². The van der Waals surface area contributed by atoms with Gasteiger partial charge >= 0.3 is 0 Å². The maximum absolute atomic E-state index is 5.41. The predicted molar refractivity (Wildman–Crippen MR) is 70.1 cm³/mol. The Kier molecular flexibility index (Phi) is 6.01. The number of rotatable bonds is 7. The van der Waals surface area contributed by atoms with Crippen LogP contribution >= 0.6 is 0 Å². The van der Waals surface area contributed by atoms with Crippen LogP contribution in [0.4, 0.5) is 0 Å². The van der Waals surface area contributed by atoms with Crippen molar-refractivity contribution in [3.63, 3.8) is 0 Å². The fourth-order valence-corrected chi connectivity index (χ4v) is 1.60. The number of hydrogen-bond donors (Lipinski definition) is 1. The molecule has 1 aromatic rings. The highest BCUT2D eigenvalue weighted by atomic mass is 16.6. The summed E-state index contributed by atoms with van der Waals surface area (Å²) in [6, 6.07) is 8.34. The van der Waals surface area contributed by atoms with E-state index in [0.717, 1.165) is 18.8 Å². The Morgan fingerprint density at radius 2 is 1.88 bits per heavy atom. The lowest BCUT2D eigenvalue weighted by Crippen LogP contribution is -2.29. The average molecular weight is 237 g/mol. The molecule has 0 spiro atoms. The first kappa shape index (κ1) is 14.0. The van der Waals surface area contributed by atoms with Crippen molar-refractivity contribution in [1.29, 1.82) is 0 Å². The zero-order valence-electron chi connectivity index (χ0n) is 11.2. The summed E-state index contributed by atoms with van der Waals surface area (Å²) in [7, 11) is 1.70. The standard InChI is InChI=1S/C14H23NO2/c1-11(2)10-17-15-12(3)9-13-7-5-6-8-14(13)16-4/h5-8,11-12,15H,9-10H2,1-4H3. The van der Waals surface area contributed by atoms with E-state index in [9.17, 15) is 0 Å². The molecular formula is C14H23NO2. The molecule has 1 unspecified atom stereocenters. The van der Waals surface area contributed by atoms with Crippen LogP contribution in [0.25, 0.3) is 0 Å². The summed E-state index contributed by atoms with van der Waals surface area (Å²) >= 11 is 0. The highest BCUT2D eigenvalue weighted by molar-refractivity contribution is 5.33. The zero-order valence-corrected chi connectivity index (χ0v) is 11.2. The quantitative estimate of drug-likeness (QED) is 0.740. The summed E-state index contributed by atoms with van der Waals surface area (Å²) in [5.41, 5.74) is 4.26. The minimum absolute atomic E-state index is 0.269. The summed E-state index contributed by atoms with van der Waals surface area (Å²) in [6.07, 6.45) is 0.891. The molecule has 0 radical (unpaired) electrons. The van der Waals surface area contributed by atoms with Crippen LogP contribution in [0.15, 0.2) is 24.3 Å². The van der Waals surface area contributed by atoms with Gasteiger partial charge in [-0.3, -0.25) is 0 Å². The Morgan fingerprint density at radius 1 is 1.18 bits per heavy atom. The summed E-state index contributed by atoms with van der Waals surface area (Å²) in [6.45, 7) is 7.10. The summed E-state index contributed by atoms with van der Waals surface area (Å²) < 4.78 is 5.32. The van der Waals surface area contributed by atoms with Crippen molar-refractivity contribution in [3.8, 4) is 5.75 Å². The van der Waals surface area contributed by atoms with Gasteiger partial charge in [-0.1, -0.05) is 32.0 Å². The van der Waals surface area contributed by atoms with E-state index in [0.29, 0.717) is 5.92 Å². The van der Waals surface area contributed by atoms with Crippen LogP contribution in [0.1, 0.15) is 26.3 Å². The zero-order chi connectivity index (χ0) is 12.7. The predicted octanol–water partition coefficient (Wildman–Crippen LogP) is 2.80. The molecule has 1 N–H and O–H groups in total. The van der Waals surface area contributed by atoms with E-state index in [1.54, 1.807) is 7.11 Å². The summed E-state index contributed by atoms with van der Waals surface area (Å²) in [5, 5.41) is 0. The lowest BCUT2D eigenvalue weighted by molar-refractivity contribution is 0.00464. The third kappa shape index (κ3) is 5.20. The van der Waals surface area contributed by atoms with Gasteiger partial charge in [-0.25, -0.2) is 0 Å². The van der Waals surface area contributed by atoms with E-state index in [1.165, 1.54) is 5.56 Å². The second-order valence-electron chi connectivity index (χ2n) is 4.74. The highest BCUT2D eigenvalue weighted by Gasteiger charge is 2.07. The average Bonchev–Trinajstić information content (AvgIpc) is 2.29. The smallest absolute Gasteiger partial charge is 0.122 e. The third-order valence-corrected chi connectivity index (χ3v) is 2.42. The minimum Gasteiger partial charge on any atom is -0.496 e. The molecule has 1 rings (SSSR count). The van der Waals surface area contributed by atoms with Crippen molar-refractivity contribution in [2.24, 2.45) is 5.92 Å². The number of hydrogen-bond acceptors (Lipinski definition) is 3. The van der Waals surface area contributed by atoms with Gasteiger partial charge in [-0.2, -0.15) is 5.48 Å². The highest BCUT2D eigenvalue weighted by Crippen LogP contribution is 2.18. The Bertz CT molecular complexity index is 326. The molecule has 0 saturated heterocycles. The van der Waals surface area contributed by atoms with E-state index >= 15 is 0 Å². The first-order valence-electron chi connectivity index (χ1n) is 6.12. The maximum Gasteiger partial charge on any atom is 0.122 e. The molecule has 0 aliphatic heterocycles. The largest absolute Gasteiger partial charge is 0.496 e. The van der Waals surface area contributed by atoms with Crippen LogP contribution in [-0.4, -0.2) is 19.8 Å². The molecule has 0 aliphatic carbocycles. The van der Waals surface area contributed by atoms with E-state index in [1.807, 2.05) is 18.2 Å². The van der Waals surface area contributed by atoms with Gasteiger partial charge in [0.15, 0.2) is 0 Å². The van der Waals surface area contributed by atoms with Crippen molar-refractivity contribution >= 4 is 0 Å². The van der Waals surface area contributed by atoms with Gasteiger partial charge in [0.05, 0.1) is 13.7 Å². The first-order valence-corrected chi connectivity index (χ1v) is 6.12. The van der Waals surface area contributed by atoms with Crippen molar-refractivity contribution in [2.75, 3.05) is 13.7 Å². The van der Waals surface area contributed by atoms with E-state index in [2.05, 4.69) is 32.3 Å². The monoisotopic (exact) mass is 237 g/mol. The molecule has 0 saturated carbocycles. The van der Waals surface area contributed by atoms with Crippen molar-refractivity contribution in [3.05, 3.63) is 29.8 Å². The third-order valence-electron chi connectivity index (χ3n) is 2.42. The molecule has 0 fully saturated rings. The van der Waals surface area contributed by atoms with Gasteiger partial charge in [-0.15, -0.1) is 0 Å². The number of ether oxygens (including phenoxy) is 1. The van der Waals surface area contributed by atoms with Crippen LogP contribution in [0, 0.1) is 5.92 Å². The second-order valence-corrected chi connectivity index (χ2v) is 4.74. The number of nitrogens with one attached hydrogen (secondary N) is 1. The first-order chi connectivity index (χ1) is 8.13. The van der Waals surface area contributed by atoms with Crippen molar-refractivity contribution in [2.45, 2.75) is 33.2 Å². The van der Waals surface area contributed by atoms with E-state index < -0.39 is 0 Å². The second kappa shape index (κ2) is 7.30. The number of hydroxylamine groups is 1. The van der Waals surface area contributed by atoms with Gasteiger partial charge in [0, 0.05) is 6.04 Å². The van der Waals surface area contributed by atoms with Crippen molar-refractivity contribution in [1.82, 2.24) is 5.48 Å². The molecular weight excluding hydrogens is 214 g/mol. The van der Waals surface area contributed by atoms with Gasteiger partial charge in [0.25, 0.3) is 0 Å². The molecule has 17 heavy (non-hydrogen) atoms. The van der Waals surface area contributed by atoms with Crippen LogP contribution < -0.4 is 10.2 Å². The maximum atomic E-state index is 5.41. The Labute approximate surface area is 104 Å². The Balaban J connectivity index is 2.41. The lowest BCUT2D eigenvalue weighted by atomic mass is 10.1. The molecule has 0 bridgehead atoms. The molecule has 0 amide bonds. The van der Waals surface area contributed by atoms with Gasteiger partial charge in [0.2, 0.25) is 0 Å². The topological polar surface area (TPSA) is 30.5 Å². The summed E-state index contributed by atoms with van der Waals surface area (Å²) in [5.74, 6) is 1.48. The Hall–Kier alpha value is -1.06.